The molecule has 1 aliphatic carbocycles. The van der Waals surface area contributed by atoms with Crippen molar-refractivity contribution in [1.29, 1.82) is 0 Å². The average molecular weight is 291 g/mol. The minimum Gasteiger partial charge on any atom is -0.491 e. The smallest absolute Gasteiger partial charge is 0.307 e. The summed E-state index contributed by atoms with van der Waals surface area (Å²) in [6.07, 6.45) is 0.436. The maximum absolute atomic E-state index is 11.8. The van der Waals surface area contributed by atoms with Crippen LogP contribution in [0.1, 0.15) is 24.5 Å². The minimum absolute atomic E-state index is 0.161. The zero-order valence-corrected chi connectivity index (χ0v) is 12.6. The maximum Gasteiger partial charge on any atom is 0.307 e. The predicted molar refractivity (Wildman–Crippen MR) is 78.2 cm³/mol. The number of hydrogen-bond donors (Lipinski definition) is 2. The monoisotopic (exact) mass is 291 g/mol. The van der Waals surface area contributed by atoms with Crippen molar-refractivity contribution in [1.82, 2.24) is 5.32 Å². The Morgan fingerprint density at radius 1 is 1.33 bits per heavy atom. The molecule has 0 heterocycles. The fraction of sp³-hybridized carbons (Fsp3) is 0.500. The summed E-state index contributed by atoms with van der Waals surface area (Å²) in [7, 11) is 0. The quantitative estimate of drug-likeness (QED) is 0.839. The van der Waals surface area contributed by atoms with Crippen LogP contribution in [-0.4, -0.2) is 29.6 Å². The first-order chi connectivity index (χ1) is 9.90. The van der Waals surface area contributed by atoms with Crippen LogP contribution in [0.3, 0.4) is 0 Å². The number of aryl methyl sites for hydroxylation is 2. The van der Waals surface area contributed by atoms with E-state index in [2.05, 4.69) is 5.32 Å². The van der Waals surface area contributed by atoms with Crippen molar-refractivity contribution in [2.24, 2.45) is 11.8 Å². The molecule has 1 aliphatic rings. The highest BCUT2D eigenvalue weighted by Gasteiger charge is 2.48. The summed E-state index contributed by atoms with van der Waals surface area (Å²) in [6, 6.07) is 5.77. The highest BCUT2D eigenvalue weighted by Crippen LogP contribution is 2.38. The van der Waals surface area contributed by atoms with Crippen LogP contribution >= 0.6 is 0 Å². The molecule has 1 aromatic carbocycles. The third-order valence-corrected chi connectivity index (χ3v) is 3.72. The predicted octanol–water partition coefficient (Wildman–Crippen LogP) is 1.91. The molecule has 0 saturated heterocycles. The summed E-state index contributed by atoms with van der Waals surface area (Å²) in [5, 5.41) is 11.6. The largest absolute Gasteiger partial charge is 0.491 e. The lowest BCUT2D eigenvalue weighted by atomic mass is 10.1. The lowest BCUT2D eigenvalue weighted by Gasteiger charge is -2.17. The van der Waals surface area contributed by atoms with E-state index in [0.717, 1.165) is 16.9 Å². The first kappa shape index (κ1) is 15.4. The second-order valence-corrected chi connectivity index (χ2v) is 5.73. The third-order valence-electron chi connectivity index (χ3n) is 3.72. The number of ether oxygens (including phenoxy) is 1. The molecule has 114 valence electrons. The van der Waals surface area contributed by atoms with Gasteiger partial charge in [0.05, 0.1) is 17.9 Å². The van der Waals surface area contributed by atoms with E-state index in [9.17, 15) is 9.59 Å². The summed E-state index contributed by atoms with van der Waals surface area (Å²) < 4.78 is 5.77. The molecule has 1 aromatic rings. The number of benzene rings is 1. The van der Waals surface area contributed by atoms with Gasteiger partial charge in [0.2, 0.25) is 5.91 Å². The van der Waals surface area contributed by atoms with E-state index in [1.165, 1.54) is 0 Å². The summed E-state index contributed by atoms with van der Waals surface area (Å²) in [5.74, 6) is -1.15. The van der Waals surface area contributed by atoms with Gasteiger partial charge in [-0.15, -0.1) is 0 Å². The van der Waals surface area contributed by atoms with Crippen molar-refractivity contribution in [3.05, 3.63) is 29.3 Å². The molecule has 3 unspecified atom stereocenters. The molecule has 1 saturated carbocycles. The van der Waals surface area contributed by atoms with Crippen molar-refractivity contribution < 1.29 is 19.4 Å². The van der Waals surface area contributed by atoms with Crippen LogP contribution in [0.4, 0.5) is 0 Å². The Labute approximate surface area is 124 Å². The summed E-state index contributed by atoms with van der Waals surface area (Å²) in [5.41, 5.74) is 2.11. The number of carbonyl (C=O) groups is 2. The van der Waals surface area contributed by atoms with Gasteiger partial charge >= 0.3 is 5.97 Å². The van der Waals surface area contributed by atoms with Crippen LogP contribution in [0.25, 0.3) is 0 Å². The molecule has 5 heteroatoms. The van der Waals surface area contributed by atoms with Crippen LogP contribution in [0.5, 0.6) is 5.75 Å². The summed E-state index contributed by atoms with van der Waals surface area (Å²) in [4.78, 5) is 22.6. The van der Waals surface area contributed by atoms with Gasteiger partial charge in [-0.3, -0.25) is 9.59 Å². The molecular formula is C16H21NO4. The van der Waals surface area contributed by atoms with E-state index in [1.807, 2.05) is 39.0 Å². The molecular weight excluding hydrogens is 270 g/mol. The zero-order chi connectivity index (χ0) is 15.6. The third kappa shape index (κ3) is 3.74. The highest BCUT2D eigenvalue weighted by atomic mass is 16.5. The number of amides is 1. The average Bonchev–Trinajstić information content (AvgIpc) is 3.18. The lowest BCUT2D eigenvalue weighted by Crippen LogP contribution is -2.38. The molecule has 1 fully saturated rings. The van der Waals surface area contributed by atoms with Crippen LogP contribution in [0, 0.1) is 25.7 Å². The van der Waals surface area contributed by atoms with E-state index in [4.69, 9.17) is 9.84 Å². The molecule has 5 nitrogen and oxygen atoms in total. The van der Waals surface area contributed by atoms with Gasteiger partial charge in [0.15, 0.2) is 0 Å². The van der Waals surface area contributed by atoms with E-state index < -0.39 is 11.9 Å². The number of nitrogens with one attached hydrogen (secondary N) is 1. The van der Waals surface area contributed by atoms with Gasteiger partial charge in [0.1, 0.15) is 12.4 Å². The number of carbonyl (C=O) groups excluding carboxylic acids is 1. The Kier molecular flexibility index (Phi) is 4.50. The Morgan fingerprint density at radius 3 is 2.48 bits per heavy atom. The van der Waals surface area contributed by atoms with Gasteiger partial charge < -0.3 is 15.2 Å². The van der Waals surface area contributed by atoms with Gasteiger partial charge in [0.25, 0.3) is 0 Å². The summed E-state index contributed by atoms with van der Waals surface area (Å²) >= 11 is 0. The topological polar surface area (TPSA) is 75.6 Å². The Balaban J connectivity index is 1.82. The SMILES string of the molecule is Cc1cccc(C)c1OCC(C)NC(=O)C1CC1C(=O)O. The standard InChI is InChI=1S/C16H21NO4/c1-9-5-4-6-10(2)14(9)21-8-11(3)17-15(18)12-7-13(12)16(19)20/h4-6,11-13H,7-8H2,1-3H3,(H,17,18)(H,19,20). The molecule has 3 atom stereocenters. The number of rotatable bonds is 6. The van der Waals surface area contributed by atoms with E-state index in [-0.39, 0.29) is 17.9 Å². The molecule has 0 radical (unpaired) electrons. The van der Waals surface area contributed by atoms with Crippen molar-refractivity contribution >= 4 is 11.9 Å². The molecule has 0 bridgehead atoms. The van der Waals surface area contributed by atoms with Gasteiger partial charge in [-0.2, -0.15) is 0 Å². The van der Waals surface area contributed by atoms with E-state index >= 15 is 0 Å². The van der Waals surface area contributed by atoms with Crippen molar-refractivity contribution in [2.45, 2.75) is 33.2 Å². The number of carboxylic acids is 1. The second-order valence-electron chi connectivity index (χ2n) is 5.73. The molecule has 2 rings (SSSR count). The molecule has 2 N–H and O–H groups in total. The summed E-state index contributed by atoms with van der Waals surface area (Å²) in [6.45, 7) is 6.17. The molecule has 1 amide bonds. The zero-order valence-electron chi connectivity index (χ0n) is 12.6. The van der Waals surface area contributed by atoms with Crippen LogP contribution in [-0.2, 0) is 9.59 Å². The second kappa shape index (κ2) is 6.16. The minimum atomic E-state index is -0.894. The van der Waals surface area contributed by atoms with E-state index in [0.29, 0.717) is 13.0 Å². The van der Waals surface area contributed by atoms with E-state index in [1.54, 1.807) is 0 Å². The first-order valence-electron chi connectivity index (χ1n) is 7.12. The normalized spacial score (nSPS) is 21.5. The molecule has 21 heavy (non-hydrogen) atoms. The Hall–Kier alpha value is -2.04. The highest BCUT2D eigenvalue weighted by molar-refractivity contribution is 5.89. The van der Waals surface area contributed by atoms with Gasteiger partial charge in [0, 0.05) is 0 Å². The van der Waals surface area contributed by atoms with Crippen molar-refractivity contribution in [3.8, 4) is 5.75 Å². The van der Waals surface area contributed by atoms with Crippen molar-refractivity contribution in [3.63, 3.8) is 0 Å². The maximum atomic E-state index is 11.8. The fourth-order valence-electron chi connectivity index (χ4n) is 2.38. The van der Waals surface area contributed by atoms with Crippen LogP contribution in [0.15, 0.2) is 18.2 Å². The Bertz CT molecular complexity index is 535. The number of para-hydroxylation sites is 1. The van der Waals surface area contributed by atoms with Crippen LogP contribution < -0.4 is 10.1 Å². The van der Waals surface area contributed by atoms with Gasteiger partial charge in [-0.1, -0.05) is 18.2 Å². The lowest BCUT2D eigenvalue weighted by molar-refractivity contribution is -0.140. The van der Waals surface area contributed by atoms with Gasteiger partial charge in [-0.05, 0) is 38.3 Å². The fourth-order valence-corrected chi connectivity index (χ4v) is 2.38. The van der Waals surface area contributed by atoms with Crippen molar-refractivity contribution in [2.75, 3.05) is 6.61 Å². The molecule has 0 aliphatic heterocycles. The number of carboxylic acid groups (broad SMARTS) is 1. The number of hydrogen-bond acceptors (Lipinski definition) is 3. The molecule has 0 aromatic heterocycles. The Morgan fingerprint density at radius 2 is 1.95 bits per heavy atom. The first-order valence-corrected chi connectivity index (χ1v) is 7.12. The molecule has 0 spiro atoms. The van der Waals surface area contributed by atoms with Gasteiger partial charge in [-0.25, -0.2) is 0 Å². The van der Waals surface area contributed by atoms with Crippen LogP contribution in [0.2, 0.25) is 0 Å². The number of aliphatic carboxylic acids is 1.